The van der Waals surface area contributed by atoms with E-state index in [9.17, 15) is 9.50 Å². The van der Waals surface area contributed by atoms with Crippen LogP contribution in [0.15, 0.2) is 60.7 Å². The van der Waals surface area contributed by atoms with Crippen molar-refractivity contribution in [2.24, 2.45) is 0 Å². The van der Waals surface area contributed by atoms with Crippen molar-refractivity contribution < 1.29 is 23.4 Å². The van der Waals surface area contributed by atoms with Crippen molar-refractivity contribution in [3.63, 3.8) is 0 Å². The number of ether oxygens (including phenoxy) is 2. The highest BCUT2D eigenvalue weighted by atomic mass is 19.1. The summed E-state index contributed by atoms with van der Waals surface area (Å²) in [5.41, 5.74) is 2.76. The second kappa shape index (κ2) is 11.2. The smallest absolute Gasteiger partial charge is 0.319 e. The van der Waals surface area contributed by atoms with Crippen molar-refractivity contribution >= 4 is 27.5 Å². The van der Waals surface area contributed by atoms with E-state index in [1.54, 1.807) is 12.1 Å². The predicted molar refractivity (Wildman–Crippen MR) is 173 cm³/mol. The van der Waals surface area contributed by atoms with Crippen LogP contribution in [0.5, 0.6) is 11.8 Å². The topological polar surface area (TPSA) is 71.0 Å². The number of phenolic OH excluding ortho intramolecular Hbond substituents is 1. The molecule has 1 unspecified atom stereocenters. The number of terminal acetylenes is 1. The van der Waals surface area contributed by atoms with E-state index in [-0.39, 0.29) is 39.5 Å². The van der Waals surface area contributed by atoms with Gasteiger partial charge in [0.05, 0.1) is 17.7 Å². The van der Waals surface area contributed by atoms with Crippen molar-refractivity contribution in [1.82, 2.24) is 14.9 Å². The molecule has 0 radical (unpaired) electrons. The van der Waals surface area contributed by atoms with Crippen molar-refractivity contribution in [3.05, 3.63) is 89.0 Å². The van der Waals surface area contributed by atoms with Gasteiger partial charge in [-0.05, 0) is 72.1 Å². The summed E-state index contributed by atoms with van der Waals surface area (Å²) < 4.78 is 43.9. The van der Waals surface area contributed by atoms with Gasteiger partial charge in [0.15, 0.2) is 5.82 Å². The van der Waals surface area contributed by atoms with Gasteiger partial charge < -0.3 is 19.5 Å². The van der Waals surface area contributed by atoms with E-state index in [0.29, 0.717) is 54.9 Å². The molecule has 9 heteroatoms. The Hall–Kier alpha value is -4.78. The molecule has 0 amide bonds. The molecular weight excluding hydrogens is 586 g/mol. The van der Waals surface area contributed by atoms with E-state index in [0.717, 1.165) is 32.4 Å². The molecule has 46 heavy (non-hydrogen) atoms. The molecular formula is C37H32F2N4O3. The average molecular weight is 619 g/mol. The van der Waals surface area contributed by atoms with Gasteiger partial charge in [-0.25, -0.2) is 8.78 Å². The first-order chi connectivity index (χ1) is 22.5. The quantitative estimate of drug-likeness (QED) is 0.225. The Bertz CT molecular complexity index is 2050. The van der Waals surface area contributed by atoms with Crippen LogP contribution < -0.4 is 9.64 Å². The number of rotatable bonds is 5. The first-order valence-electron chi connectivity index (χ1n) is 15.7. The van der Waals surface area contributed by atoms with Gasteiger partial charge in [-0.2, -0.15) is 9.97 Å². The number of nitrogens with zero attached hydrogens (tertiary/aromatic N) is 4. The van der Waals surface area contributed by atoms with E-state index < -0.39 is 11.6 Å². The van der Waals surface area contributed by atoms with Crippen LogP contribution in [0.25, 0.3) is 32.8 Å². The van der Waals surface area contributed by atoms with Gasteiger partial charge in [0.25, 0.3) is 0 Å². The second-order valence-electron chi connectivity index (χ2n) is 12.3. The Morgan fingerprint density at radius 2 is 1.87 bits per heavy atom. The monoisotopic (exact) mass is 618 g/mol. The first-order valence-corrected chi connectivity index (χ1v) is 15.7. The summed E-state index contributed by atoms with van der Waals surface area (Å²) in [5, 5.41) is 11.9. The molecule has 3 aliphatic rings. The predicted octanol–water partition coefficient (Wildman–Crippen LogP) is 6.53. The van der Waals surface area contributed by atoms with Crippen LogP contribution in [0.2, 0.25) is 0 Å². The van der Waals surface area contributed by atoms with Crippen LogP contribution in [-0.2, 0) is 16.8 Å². The number of anilines is 1. The van der Waals surface area contributed by atoms with Gasteiger partial charge in [-0.1, -0.05) is 42.3 Å². The van der Waals surface area contributed by atoms with E-state index in [2.05, 4.69) is 45.0 Å². The lowest BCUT2D eigenvalue weighted by Crippen LogP contribution is -2.41. The first kappa shape index (κ1) is 28.7. The number of aromatic hydroxyl groups is 1. The molecule has 1 aromatic heterocycles. The fourth-order valence-electron chi connectivity index (χ4n) is 7.59. The summed E-state index contributed by atoms with van der Waals surface area (Å²) in [5.74, 6) is 1.66. The summed E-state index contributed by atoms with van der Waals surface area (Å²) in [6.07, 6.45) is 8.52. The SMILES string of the molecule is C#Cc1c(F)ccc2cc(O)cc(-c3ccc4c(N5CCCOCC5)nc(OCC56CCCN5Cc5ccccc56)nc4c3F)c12. The third-order valence-corrected chi connectivity index (χ3v) is 9.72. The number of hydrogen-bond acceptors (Lipinski definition) is 7. The Morgan fingerprint density at radius 1 is 0.978 bits per heavy atom. The van der Waals surface area contributed by atoms with Crippen molar-refractivity contribution in [3.8, 4) is 35.2 Å². The number of aromatic nitrogens is 2. The number of fused-ring (bicyclic) bond motifs is 5. The largest absolute Gasteiger partial charge is 0.508 e. The molecule has 232 valence electrons. The maximum absolute atomic E-state index is 16.9. The highest BCUT2D eigenvalue weighted by Gasteiger charge is 2.48. The van der Waals surface area contributed by atoms with Crippen LogP contribution in [0.3, 0.4) is 0 Å². The molecule has 4 aromatic carbocycles. The van der Waals surface area contributed by atoms with Crippen LogP contribution in [0.4, 0.5) is 14.6 Å². The second-order valence-corrected chi connectivity index (χ2v) is 12.3. The Balaban J connectivity index is 1.28. The van der Waals surface area contributed by atoms with Gasteiger partial charge in [-0.15, -0.1) is 6.42 Å². The van der Waals surface area contributed by atoms with Gasteiger partial charge >= 0.3 is 6.01 Å². The molecule has 2 saturated heterocycles. The van der Waals surface area contributed by atoms with Crippen LogP contribution in [0, 0.1) is 24.0 Å². The van der Waals surface area contributed by atoms with Crippen molar-refractivity contribution in [1.29, 1.82) is 0 Å². The van der Waals surface area contributed by atoms with E-state index in [1.807, 2.05) is 0 Å². The minimum absolute atomic E-state index is 0.00109. The molecule has 1 N–H and O–H groups in total. The Morgan fingerprint density at radius 3 is 2.76 bits per heavy atom. The molecule has 0 bridgehead atoms. The average Bonchev–Trinajstić information content (AvgIpc) is 3.46. The molecule has 3 aliphatic heterocycles. The zero-order valence-electron chi connectivity index (χ0n) is 25.2. The molecule has 1 atom stereocenters. The highest BCUT2D eigenvalue weighted by molar-refractivity contribution is 6.04. The van der Waals surface area contributed by atoms with E-state index >= 15 is 4.39 Å². The molecule has 0 aliphatic carbocycles. The minimum atomic E-state index is -0.636. The number of benzene rings is 4. The molecule has 0 saturated carbocycles. The van der Waals surface area contributed by atoms with Gasteiger partial charge in [0.1, 0.15) is 29.5 Å². The molecule has 7 nitrogen and oxygen atoms in total. The lowest BCUT2D eigenvalue weighted by atomic mass is 9.89. The van der Waals surface area contributed by atoms with Gasteiger partial charge in [0.2, 0.25) is 0 Å². The zero-order chi connectivity index (χ0) is 31.4. The third-order valence-electron chi connectivity index (χ3n) is 9.72. The van der Waals surface area contributed by atoms with Gasteiger partial charge in [-0.3, -0.25) is 4.90 Å². The lowest BCUT2D eigenvalue weighted by Gasteiger charge is -2.32. The zero-order valence-corrected chi connectivity index (χ0v) is 25.2. The minimum Gasteiger partial charge on any atom is -0.508 e. The summed E-state index contributed by atoms with van der Waals surface area (Å²) in [6, 6.07) is 17.6. The standard InChI is InChI=1S/C37H32F2N4O3/c1-2-26-31(38)12-9-23-19-25(44)20-29(32(23)26)27-10-11-28-34(33(27)39)40-36(41-35(28)42-14-6-17-45-18-16-42)46-22-37-13-5-15-43(37)21-24-7-3-4-8-30(24)37/h1,3-4,7-12,19-20,44H,5-6,13-18,21-22H2. The fraction of sp³-hybridized carbons (Fsp3) is 0.297. The maximum atomic E-state index is 16.9. The fourth-order valence-corrected chi connectivity index (χ4v) is 7.59. The van der Waals surface area contributed by atoms with Crippen LogP contribution in [-0.4, -0.2) is 59.4 Å². The Kier molecular flexibility index (Phi) is 7.00. The normalized spacial score (nSPS) is 19.6. The summed E-state index contributed by atoms with van der Waals surface area (Å²) in [7, 11) is 0. The van der Waals surface area contributed by atoms with Crippen LogP contribution in [0.1, 0.15) is 36.0 Å². The summed E-state index contributed by atoms with van der Waals surface area (Å²) in [4.78, 5) is 14.1. The van der Waals surface area contributed by atoms with E-state index in [1.165, 1.54) is 35.4 Å². The molecule has 0 spiro atoms. The van der Waals surface area contributed by atoms with Gasteiger partial charge in [0, 0.05) is 42.6 Å². The highest BCUT2D eigenvalue weighted by Crippen LogP contribution is 2.47. The summed E-state index contributed by atoms with van der Waals surface area (Å²) >= 11 is 0. The van der Waals surface area contributed by atoms with E-state index in [4.69, 9.17) is 20.9 Å². The van der Waals surface area contributed by atoms with Crippen molar-refractivity contribution in [2.75, 3.05) is 44.4 Å². The maximum Gasteiger partial charge on any atom is 0.319 e. The third kappa shape index (κ3) is 4.55. The molecule has 2 fully saturated rings. The van der Waals surface area contributed by atoms with Crippen LogP contribution >= 0.6 is 0 Å². The number of halogens is 2. The Labute approximate surface area is 265 Å². The number of phenols is 1. The molecule has 5 aromatic rings. The lowest BCUT2D eigenvalue weighted by molar-refractivity contribution is 0.0826. The van der Waals surface area contributed by atoms with Crippen molar-refractivity contribution in [2.45, 2.75) is 31.3 Å². The molecule has 8 rings (SSSR count). The molecule has 4 heterocycles. The number of hydrogen-bond donors (Lipinski definition) is 1. The summed E-state index contributed by atoms with van der Waals surface area (Å²) in [6.45, 7) is 4.61.